The number of hydrogen-bond acceptors (Lipinski definition) is 7. The van der Waals surface area contributed by atoms with E-state index in [2.05, 4.69) is 16.5 Å². The first-order valence-electron chi connectivity index (χ1n) is 6.43. The van der Waals surface area contributed by atoms with Crippen molar-refractivity contribution in [1.82, 2.24) is 4.90 Å². The quantitative estimate of drug-likeness (QED) is 0.574. The van der Waals surface area contributed by atoms with Crippen molar-refractivity contribution in [2.75, 3.05) is 13.1 Å². The Morgan fingerprint density at radius 1 is 1.42 bits per heavy atom. The molecule has 0 aromatic rings. The number of fused-ring (bicyclic) bond motifs is 1. The van der Waals surface area contributed by atoms with Crippen LogP contribution in [0.1, 0.15) is 6.42 Å². The van der Waals surface area contributed by atoms with Crippen LogP contribution in [0.2, 0.25) is 0 Å². The predicted molar refractivity (Wildman–Crippen MR) is 71.9 cm³/mol. The predicted octanol–water partition coefficient (Wildman–Crippen LogP) is -0.843. The van der Waals surface area contributed by atoms with E-state index in [0.29, 0.717) is 0 Å². The first kappa shape index (κ1) is 13.4. The molecule has 2 saturated heterocycles. The lowest BCUT2D eigenvalue weighted by Gasteiger charge is -2.39. The Bertz CT molecular complexity index is 401. The van der Waals surface area contributed by atoms with Gasteiger partial charge >= 0.3 is 0 Å². The third kappa shape index (κ3) is 2.19. The van der Waals surface area contributed by atoms with Gasteiger partial charge in [0.1, 0.15) is 35.9 Å². The first-order chi connectivity index (χ1) is 9.11. The average Bonchev–Trinajstić information content (AvgIpc) is 2.74. The molecule has 0 radical (unpaired) electrons. The van der Waals surface area contributed by atoms with Gasteiger partial charge in [-0.3, -0.25) is 4.99 Å². The summed E-state index contributed by atoms with van der Waals surface area (Å²) in [6.07, 6.45) is -1.58. The summed E-state index contributed by atoms with van der Waals surface area (Å²) in [4.78, 5) is 6.58. The van der Waals surface area contributed by atoms with Gasteiger partial charge in [0.25, 0.3) is 0 Å². The molecule has 106 valence electrons. The molecule has 3 heterocycles. The molecule has 2 fully saturated rings. The molecule has 0 aromatic heterocycles. The average molecular weight is 286 g/mol. The Morgan fingerprint density at radius 3 is 2.74 bits per heavy atom. The van der Waals surface area contributed by atoms with Crippen LogP contribution < -0.4 is 0 Å². The Labute approximate surface area is 115 Å². The number of ether oxygens (including phenoxy) is 1. The molecular weight excluding hydrogens is 268 g/mol. The number of amidine groups is 1. The third-order valence-corrected chi connectivity index (χ3v) is 4.99. The topological polar surface area (TPSA) is 85.5 Å². The van der Waals surface area contributed by atoms with Crippen molar-refractivity contribution >= 4 is 16.9 Å². The standard InChI is InChI=1S/C12H18N2O4S/c1-2-6(15)10-9(17)8(16)7-11(18-10)19-12(13-7)14-4-3-5-14/h2,6-11,15-17H,1,3-5H2. The van der Waals surface area contributed by atoms with E-state index in [9.17, 15) is 15.3 Å². The number of nitrogens with zero attached hydrogens (tertiary/aromatic N) is 2. The molecule has 3 aliphatic heterocycles. The normalized spacial score (nSPS) is 43.2. The molecule has 3 aliphatic rings. The van der Waals surface area contributed by atoms with Gasteiger partial charge in [-0.25, -0.2) is 0 Å². The van der Waals surface area contributed by atoms with Crippen molar-refractivity contribution in [2.24, 2.45) is 4.99 Å². The number of hydrogen-bond donors (Lipinski definition) is 3. The van der Waals surface area contributed by atoms with Gasteiger partial charge in [0.15, 0.2) is 5.17 Å². The van der Waals surface area contributed by atoms with Crippen molar-refractivity contribution in [2.45, 2.75) is 42.3 Å². The minimum Gasteiger partial charge on any atom is -0.388 e. The van der Waals surface area contributed by atoms with Crippen LogP contribution in [0.25, 0.3) is 0 Å². The zero-order valence-corrected chi connectivity index (χ0v) is 11.2. The smallest absolute Gasteiger partial charge is 0.162 e. The van der Waals surface area contributed by atoms with Crippen LogP contribution in [0.3, 0.4) is 0 Å². The van der Waals surface area contributed by atoms with Gasteiger partial charge in [0.05, 0.1) is 0 Å². The second kappa shape index (κ2) is 5.06. The van der Waals surface area contributed by atoms with E-state index in [4.69, 9.17) is 4.74 Å². The van der Waals surface area contributed by atoms with E-state index in [1.807, 2.05) is 0 Å². The fraction of sp³-hybridized carbons (Fsp3) is 0.750. The van der Waals surface area contributed by atoms with Gasteiger partial charge in [-0.15, -0.1) is 6.58 Å². The lowest BCUT2D eigenvalue weighted by atomic mass is 9.95. The van der Waals surface area contributed by atoms with Gasteiger partial charge in [0.2, 0.25) is 0 Å². The molecule has 19 heavy (non-hydrogen) atoms. The molecule has 3 rings (SSSR count). The van der Waals surface area contributed by atoms with Crippen LogP contribution in [0.4, 0.5) is 0 Å². The lowest BCUT2D eigenvalue weighted by molar-refractivity contribution is -0.176. The maximum absolute atomic E-state index is 10.1. The molecule has 0 saturated carbocycles. The van der Waals surface area contributed by atoms with Crippen molar-refractivity contribution in [3.63, 3.8) is 0 Å². The monoisotopic (exact) mass is 286 g/mol. The Kier molecular flexibility index (Phi) is 3.57. The van der Waals surface area contributed by atoms with Crippen LogP contribution in [0.5, 0.6) is 0 Å². The summed E-state index contributed by atoms with van der Waals surface area (Å²) in [7, 11) is 0. The summed E-state index contributed by atoms with van der Waals surface area (Å²) in [5.41, 5.74) is -0.353. The van der Waals surface area contributed by atoms with E-state index in [1.165, 1.54) is 17.8 Å². The highest BCUT2D eigenvalue weighted by atomic mass is 32.2. The summed E-state index contributed by atoms with van der Waals surface area (Å²) in [6.45, 7) is 5.43. The summed E-state index contributed by atoms with van der Waals surface area (Å²) in [5.74, 6) is 0. The number of thioether (sulfide) groups is 1. The summed E-state index contributed by atoms with van der Waals surface area (Å²) < 4.78 is 5.69. The molecule has 6 nitrogen and oxygen atoms in total. The first-order valence-corrected chi connectivity index (χ1v) is 7.31. The number of likely N-dealkylation sites (tertiary alicyclic amines) is 1. The van der Waals surface area contributed by atoms with Gasteiger partial charge in [-0.1, -0.05) is 17.8 Å². The van der Waals surface area contributed by atoms with Gasteiger partial charge in [0, 0.05) is 13.1 Å². The highest BCUT2D eigenvalue weighted by molar-refractivity contribution is 8.14. The molecule has 0 bridgehead atoms. The van der Waals surface area contributed by atoms with E-state index in [-0.39, 0.29) is 5.44 Å². The maximum atomic E-state index is 10.1. The second-order valence-electron chi connectivity index (χ2n) is 5.04. The summed E-state index contributed by atoms with van der Waals surface area (Å²) in [6, 6.07) is -0.469. The molecule has 0 aliphatic carbocycles. The van der Waals surface area contributed by atoms with Crippen LogP contribution in [0, 0.1) is 0 Å². The van der Waals surface area contributed by atoms with E-state index in [0.717, 1.165) is 24.7 Å². The van der Waals surface area contributed by atoms with Gasteiger partial charge < -0.3 is 25.0 Å². The van der Waals surface area contributed by atoms with Crippen molar-refractivity contribution in [3.05, 3.63) is 12.7 Å². The molecule has 0 spiro atoms. The number of aliphatic hydroxyl groups is 3. The SMILES string of the molecule is C=CC(O)C1OC2SC(N3CCC3)=NC2C(O)C1O. The van der Waals surface area contributed by atoms with Gasteiger partial charge in [-0.2, -0.15) is 0 Å². The Morgan fingerprint density at radius 2 is 2.16 bits per heavy atom. The minimum atomic E-state index is -1.16. The van der Waals surface area contributed by atoms with Crippen molar-refractivity contribution in [3.8, 4) is 0 Å². The molecular formula is C12H18N2O4S. The number of rotatable bonds is 2. The Hall–Kier alpha value is -0.600. The van der Waals surface area contributed by atoms with Crippen molar-refractivity contribution < 1.29 is 20.1 Å². The van der Waals surface area contributed by atoms with Crippen LogP contribution in [-0.4, -0.2) is 74.4 Å². The van der Waals surface area contributed by atoms with E-state index >= 15 is 0 Å². The Balaban J connectivity index is 1.75. The molecule has 7 heteroatoms. The fourth-order valence-corrected chi connectivity index (χ4v) is 3.72. The zero-order valence-electron chi connectivity index (χ0n) is 10.4. The largest absolute Gasteiger partial charge is 0.388 e. The summed E-state index contributed by atoms with van der Waals surface area (Å²) >= 11 is 1.45. The fourth-order valence-electron chi connectivity index (χ4n) is 2.45. The molecule has 6 atom stereocenters. The van der Waals surface area contributed by atoms with E-state index in [1.54, 1.807) is 0 Å². The zero-order chi connectivity index (χ0) is 13.6. The highest BCUT2D eigenvalue weighted by Crippen LogP contribution is 2.39. The van der Waals surface area contributed by atoms with Crippen LogP contribution in [-0.2, 0) is 4.74 Å². The molecule has 6 unspecified atom stereocenters. The molecule has 0 amide bonds. The van der Waals surface area contributed by atoms with E-state index < -0.39 is 30.5 Å². The minimum absolute atomic E-state index is 0.353. The second-order valence-corrected chi connectivity index (χ2v) is 6.10. The number of aliphatic imine (C=N–C) groups is 1. The molecule has 3 N–H and O–H groups in total. The third-order valence-electron chi connectivity index (χ3n) is 3.79. The van der Waals surface area contributed by atoms with Crippen LogP contribution >= 0.6 is 11.8 Å². The lowest BCUT2D eigenvalue weighted by Crippen LogP contribution is -2.57. The highest BCUT2D eigenvalue weighted by Gasteiger charge is 2.50. The van der Waals surface area contributed by atoms with Gasteiger partial charge in [-0.05, 0) is 6.42 Å². The maximum Gasteiger partial charge on any atom is 0.162 e. The van der Waals surface area contributed by atoms with Crippen LogP contribution in [0.15, 0.2) is 17.6 Å². The molecule has 0 aromatic carbocycles. The van der Waals surface area contributed by atoms with Crippen molar-refractivity contribution in [1.29, 1.82) is 0 Å². The number of aliphatic hydroxyl groups excluding tert-OH is 3. The summed E-state index contributed by atoms with van der Waals surface area (Å²) in [5, 5.41) is 30.8.